The highest BCUT2D eigenvalue weighted by Crippen LogP contribution is 2.09. The fourth-order valence-corrected chi connectivity index (χ4v) is 1.96. The van der Waals surface area contributed by atoms with Gasteiger partial charge in [-0.05, 0) is 19.4 Å². The highest BCUT2D eigenvalue weighted by molar-refractivity contribution is 6.12. The summed E-state index contributed by atoms with van der Waals surface area (Å²) in [7, 11) is 0. The second-order valence-electron chi connectivity index (χ2n) is 4.85. The molecule has 0 saturated heterocycles. The molecule has 1 amide bonds. The van der Waals surface area contributed by atoms with Crippen LogP contribution in [0.15, 0.2) is 35.4 Å². The molecule has 1 aliphatic heterocycles. The molecule has 4 N–H and O–H groups in total. The zero-order valence-corrected chi connectivity index (χ0v) is 12.3. The molecule has 0 spiro atoms. The van der Waals surface area contributed by atoms with Gasteiger partial charge in [0.2, 0.25) is 0 Å². The third-order valence-electron chi connectivity index (χ3n) is 2.97. The van der Waals surface area contributed by atoms with Crippen molar-refractivity contribution < 1.29 is 4.79 Å². The van der Waals surface area contributed by atoms with Gasteiger partial charge >= 0.3 is 0 Å². The zero-order chi connectivity index (χ0) is 15.0. The number of unbranched alkanes of at least 4 members (excludes halogenated alkanes) is 3. The minimum absolute atomic E-state index is 0.242. The van der Waals surface area contributed by atoms with Crippen LogP contribution in [0.2, 0.25) is 0 Å². The Morgan fingerprint density at radius 3 is 2.75 bits per heavy atom. The molecule has 110 valence electrons. The summed E-state index contributed by atoms with van der Waals surface area (Å²) in [5, 5.41) is 16.3. The molecule has 20 heavy (non-hydrogen) atoms. The van der Waals surface area contributed by atoms with E-state index in [2.05, 4.69) is 29.5 Å². The van der Waals surface area contributed by atoms with Crippen LogP contribution in [0.1, 0.15) is 39.5 Å². The maximum absolute atomic E-state index is 12.1. The lowest BCUT2D eigenvalue weighted by Gasteiger charge is -2.21. The van der Waals surface area contributed by atoms with E-state index in [9.17, 15) is 4.79 Å². The third kappa shape index (κ3) is 4.91. The SMILES string of the molecule is C=C1C=C(C)N/C(=C(\C=N)C(=O)NCCCCCC)N1. The molecule has 0 aromatic heterocycles. The Labute approximate surface area is 120 Å². The highest BCUT2D eigenvalue weighted by Gasteiger charge is 2.16. The topological polar surface area (TPSA) is 77.0 Å². The maximum atomic E-state index is 12.1. The van der Waals surface area contributed by atoms with Crippen LogP contribution in [-0.2, 0) is 4.79 Å². The molecule has 1 rings (SSSR count). The first-order valence-corrected chi connectivity index (χ1v) is 7.02. The molecule has 5 heteroatoms. The van der Waals surface area contributed by atoms with E-state index in [1.54, 1.807) is 0 Å². The van der Waals surface area contributed by atoms with Crippen molar-refractivity contribution in [2.24, 2.45) is 0 Å². The average Bonchev–Trinajstić information content (AvgIpc) is 2.38. The quantitative estimate of drug-likeness (QED) is 0.327. The molecule has 0 bridgehead atoms. The summed E-state index contributed by atoms with van der Waals surface area (Å²) in [4.78, 5) is 12.1. The number of amides is 1. The van der Waals surface area contributed by atoms with Gasteiger partial charge in [0.25, 0.3) is 5.91 Å². The number of hydrogen-bond acceptors (Lipinski definition) is 4. The molecule has 5 nitrogen and oxygen atoms in total. The van der Waals surface area contributed by atoms with Crippen molar-refractivity contribution in [3.8, 4) is 0 Å². The minimum Gasteiger partial charge on any atom is -0.352 e. The lowest BCUT2D eigenvalue weighted by atomic mass is 10.2. The summed E-state index contributed by atoms with van der Waals surface area (Å²) in [6.45, 7) is 8.49. The first kappa shape index (κ1) is 16.0. The first-order valence-electron chi connectivity index (χ1n) is 7.02. The molecule has 0 saturated carbocycles. The van der Waals surface area contributed by atoms with Gasteiger partial charge in [0.1, 0.15) is 5.82 Å². The lowest BCUT2D eigenvalue weighted by molar-refractivity contribution is -0.117. The van der Waals surface area contributed by atoms with Gasteiger partial charge < -0.3 is 21.4 Å². The number of nitrogens with one attached hydrogen (secondary N) is 4. The van der Waals surface area contributed by atoms with E-state index >= 15 is 0 Å². The number of hydrogen-bond donors (Lipinski definition) is 4. The van der Waals surface area contributed by atoms with Crippen molar-refractivity contribution in [1.82, 2.24) is 16.0 Å². The average molecular weight is 276 g/mol. The van der Waals surface area contributed by atoms with Crippen LogP contribution < -0.4 is 16.0 Å². The summed E-state index contributed by atoms with van der Waals surface area (Å²) in [6.07, 6.45) is 7.33. The van der Waals surface area contributed by atoms with Crippen LogP contribution in [0.4, 0.5) is 0 Å². The molecular formula is C15H24N4O. The molecular weight excluding hydrogens is 252 g/mol. The van der Waals surface area contributed by atoms with E-state index in [-0.39, 0.29) is 11.5 Å². The number of carbonyl (C=O) groups is 1. The zero-order valence-electron chi connectivity index (χ0n) is 12.3. The van der Waals surface area contributed by atoms with Crippen molar-refractivity contribution in [3.05, 3.63) is 35.4 Å². The van der Waals surface area contributed by atoms with Gasteiger partial charge in [-0.25, -0.2) is 0 Å². The Kier molecular flexibility index (Phi) is 6.56. The van der Waals surface area contributed by atoms with E-state index < -0.39 is 0 Å². The van der Waals surface area contributed by atoms with E-state index in [1.807, 2.05) is 13.0 Å². The van der Waals surface area contributed by atoms with Gasteiger partial charge in [0.15, 0.2) is 0 Å². The second-order valence-corrected chi connectivity index (χ2v) is 4.85. The second kappa shape index (κ2) is 8.19. The highest BCUT2D eigenvalue weighted by atomic mass is 16.1. The molecule has 0 aromatic rings. The Morgan fingerprint density at radius 2 is 2.15 bits per heavy atom. The van der Waals surface area contributed by atoms with Crippen molar-refractivity contribution in [1.29, 1.82) is 5.41 Å². The van der Waals surface area contributed by atoms with E-state index in [0.29, 0.717) is 18.1 Å². The van der Waals surface area contributed by atoms with E-state index in [1.165, 1.54) is 12.8 Å². The molecule has 0 aromatic carbocycles. The summed E-state index contributed by atoms with van der Waals surface area (Å²) in [5.74, 6) is 0.269. The lowest BCUT2D eigenvalue weighted by Crippen LogP contribution is -2.36. The summed E-state index contributed by atoms with van der Waals surface area (Å²) in [6, 6.07) is 0. The molecule has 0 radical (unpaired) electrons. The van der Waals surface area contributed by atoms with Crippen LogP contribution in [0.5, 0.6) is 0 Å². The van der Waals surface area contributed by atoms with E-state index in [0.717, 1.165) is 24.8 Å². The minimum atomic E-state index is -0.242. The van der Waals surface area contributed by atoms with Gasteiger partial charge in [-0.2, -0.15) is 0 Å². The molecule has 1 aliphatic rings. The Morgan fingerprint density at radius 1 is 1.40 bits per heavy atom. The third-order valence-corrected chi connectivity index (χ3v) is 2.97. The Hall–Kier alpha value is -2.04. The standard InChI is InChI=1S/C15H24N4O/c1-4-5-6-7-8-17-15(20)13(10-16)14-18-11(2)9-12(3)19-14/h9-10,16,18-19H,2,4-8H2,1,3H3,(H,17,20)/b14-13+,16-10?. The van der Waals surface area contributed by atoms with Crippen LogP contribution in [-0.4, -0.2) is 18.7 Å². The van der Waals surface area contributed by atoms with Crippen LogP contribution in [0.3, 0.4) is 0 Å². The van der Waals surface area contributed by atoms with Gasteiger partial charge in [0.05, 0.1) is 5.57 Å². The summed E-state index contributed by atoms with van der Waals surface area (Å²) < 4.78 is 0. The summed E-state index contributed by atoms with van der Waals surface area (Å²) >= 11 is 0. The van der Waals surface area contributed by atoms with Gasteiger partial charge in [0, 0.05) is 24.2 Å². The van der Waals surface area contributed by atoms with Crippen LogP contribution in [0.25, 0.3) is 0 Å². The first-order chi connectivity index (χ1) is 9.58. The molecule has 0 unspecified atom stereocenters. The monoisotopic (exact) mass is 276 g/mol. The van der Waals surface area contributed by atoms with E-state index in [4.69, 9.17) is 5.41 Å². The molecule has 0 fully saturated rings. The number of allylic oxidation sites excluding steroid dienone is 2. The predicted molar refractivity (Wildman–Crippen MR) is 82.1 cm³/mol. The fraction of sp³-hybridized carbons (Fsp3) is 0.467. The Balaban J connectivity index is 2.61. The number of rotatable bonds is 7. The van der Waals surface area contributed by atoms with Crippen molar-refractivity contribution in [2.75, 3.05) is 6.54 Å². The number of carbonyl (C=O) groups excluding carboxylic acids is 1. The van der Waals surface area contributed by atoms with Gasteiger partial charge in [-0.3, -0.25) is 4.79 Å². The normalized spacial score (nSPS) is 16.7. The Bertz CT molecular complexity index is 449. The fourth-order valence-electron chi connectivity index (χ4n) is 1.96. The predicted octanol–water partition coefficient (Wildman–Crippen LogP) is 2.15. The largest absolute Gasteiger partial charge is 0.352 e. The smallest absolute Gasteiger partial charge is 0.256 e. The summed E-state index contributed by atoms with van der Waals surface area (Å²) in [5.41, 5.74) is 1.87. The maximum Gasteiger partial charge on any atom is 0.256 e. The molecule has 0 atom stereocenters. The van der Waals surface area contributed by atoms with Crippen molar-refractivity contribution in [3.63, 3.8) is 0 Å². The van der Waals surface area contributed by atoms with Crippen LogP contribution >= 0.6 is 0 Å². The van der Waals surface area contributed by atoms with Crippen molar-refractivity contribution in [2.45, 2.75) is 39.5 Å². The van der Waals surface area contributed by atoms with Crippen LogP contribution in [0, 0.1) is 5.41 Å². The molecule has 1 heterocycles. The van der Waals surface area contributed by atoms with Gasteiger partial charge in [-0.1, -0.05) is 32.8 Å². The van der Waals surface area contributed by atoms with Gasteiger partial charge in [-0.15, -0.1) is 0 Å². The molecule has 0 aliphatic carbocycles. The van der Waals surface area contributed by atoms with Crippen molar-refractivity contribution >= 4 is 12.1 Å².